The van der Waals surface area contributed by atoms with Gasteiger partial charge in [0.05, 0.1) is 11.2 Å². The number of hydrogen-bond acceptors (Lipinski definition) is 3. The molecule has 3 aromatic carbocycles. The fourth-order valence-electron chi connectivity index (χ4n) is 3.72. The van der Waals surface area contributed by atoms with Gasteiger partial charge in [-0.2, -0.15) is 0 Å². The van der Waals surface area contributed by atoms with Gasteiger partial charge in [0.2, 0.25) is 0 Å². The zero-order valence-corrected chi connectivity index (χ0v) is 15.2. The van der Waals surface area contributed by atoms with E-state index in [1.807, 2.05) is 48.5 Å². The van der Waals surface area contributed by atoms with Crippen molar-refractivity contribution in [3.63, 3.8) is 0 Å². The van der Waals surface area contributed by atoms with Crippen LogP contribution in [-0.2, 0) is 0 Å². The number of hydrogen-bond donors (Lipinski definition) is 0. The van der Waals surface area contributed by atoms with Crippen molar-refractivity contribution in [3.05, 3.63) is 88.0 Å². The van der Waals surface area contributed by atoms with E-state index in [-0.39, 0.29) is 11.6 Å². The Morgan fingerprint density at radius 2 is 1.54 bits per heavy atom. The summed E-state index contributed by atoms with van der Waals surface area (Å²) in [6.45, 7) is 0. The van der Waals surface area contributed by atoms with E-state index in [4.69, 9.17) is 0 Å². The van der Waals surface area contributed by atoms with E-state index >= 15 is 0 Å². The standard InChI is InChI=1S/C22H12BrNO2/c23-16-10-9-15-19-13(16)5-3-6-14(19)21(25)20(22(15)26)18-11-8-12-4-1-2-7-17(12)24-18/h1-11,20H. The monoisotopic (exact) mass is 401 g/mol. The molecule has 4 heteroatoms. The van der Waals surface area contributed by atoms with Crippen molar-refractivity contribution in [3.8, 4) is 0 Å². The highest BCUT2D eigenvalue weighted by molar-refractivity contribution is 9.10. The van der Waals surface area contributed by atoms with Crippen molar-refractivity contribution in [2.75, 3.05) is 0 Å². The average molecular weight is 402 g/mol. The van der Waals surface area contributed by atoms with Crippen LogP contribution < -0.4 is 0 Å². The number of fused-ring (bicyclic) bond motifs is 1. The molecule has 1 aliphatic rings. The molecule has 26 heavy (non-hydrogen) atoms. The van der Waals surface area contributed by atoms with E-state index in [1.165, 1.54) is 0 Å². The lowest BCUT2D eigenvalue weighted by Gasteiger charge is -2.23. The van der Waals surface area contributed by atoms with E-state index in [0.717, 1.165) is 26.1 Å². The van der Waals surface area contributed by atoms with E-state index in [0.29, 0.717) is 16.8 Å². The third-order valence-electron chi connectivity index (χ3n) is 4.96. The van der Waals surface area contributed by atoms with E-state index in [1.54, 1.807) is 18.2 Å². The molecule has 0 radical (unpaired) electrons. The maximum Gasteiger partial charge on any atom is 0.180 e. The van der Waals surface area contributed by atoms with Crippen LogP contribution in [0, 0.1) is 0 Å². The third kappa shape index (κ3) is 2.09. The van der Waals surface area contributed by atoms with Gasteiger partial charge in [0.15, 0.2) is 11.6 Å². The summed E-state index contributed by atoms with van der Waals surface area (Å²) < 4.78 is 0.876. The number of Topliss-reactive ketones (excluding diaryl/α,β-unsaturated/α-hetero) is 2. The van der Waals surface area contributed by atoms with Gasteiger partial charge in [0, 0.05) is 26.4 Å². The molecule has 0 fully saturated rings. The molecule has 4 aromatic rings. The summed E-state index contributed by atoms with van der Waals surface area (Å²) in [5.74, 6) is -1.26. The number of carbonyl (C=O) groups excluding carboxylic acids is 2. The fraction of sp³-hybridized carbons (Fsp3) is 0.0455. The van der Waals surface area contributed by atoms with Gasteiger partial charge in [-0.05, 0) is 29.7 Å². The smallest absolute Gasteiger partial charge is 0.180 e. The van der Waals surface area contributed by atoms with Crippen molar-refractivity contribution >= 4 is 49.2 Å². The molecule has 5 rings (SSSR count). The third-order valence-corrected chi connectivity index (χ3v) is 5.65. The predicted octanol–water partition coefficient (Wildman–Crippen LogP) is 5.31. The molecule has 124 valence electrons. The molecule has 0 spiro atoms. The topological polar surface area (TPSA) is 47.0 Å². The van der Waals surface area contributed by atoms with Crippen molar-refractivity contribution in [1.29, 1.82) is 0 Å². The highest BCUT2D eigenvalue weighted by atomic mass is 79.9. The van der Waals surface area contributed by atoms with E-state index < -0.39 is 5.92 Å². The second-order valence-corrected chi connectivity index (χ2v) is 7.27. The molecule has 1 atom stereocenters. The fourth-order valence-corrected chi connectivity index (χ4v) is 4.19. The Kier molecular flexibility index (Phi) is 3.31. The van der Waals surface area contributed by atoms with Crippen LogP contribution in [0.2, 0.25) is 0 Å². The minimum atomic E-state index is -0.890. The Morgan fingerprint density at radius 1 is 0.769 bits per heavy atom. The van der Waals surface area contributed by atoms with Gasteiger partial charge in [0.25, 0.3) is 0 Å². The Hall–Kier alpha value is -2.85. The van der Waals surface area contributed by atoms with Gasteiger partial charge in [0.1, 0.15) is 5.92 Å². The summed E-state index contributed by atoms with van der Waals surface area (Å²) in [4.78, 5) is 31.0. The first kappa shape index (κ1) is 15.4. The van der Waals surface area contributed by atoms with Crippen molar-refractivity contribution in [2.45, 2.75) is 5.92 Å². The summed E-state index contributed by atoms with van der Waals surface area (Å²) in [6, 6.07) is 20.6. The highest BCUT2D eigenvalue weighted by Gasteiger charge is 2.38. The second-order valence-electron chi connectivity index (χ2n) is 6.41. The first-order valence-corrected chi connectivity index (χ1v) is 9.10. The van der Waals surface area contributed by atoms with Gasteiger partial charge >= 0.3 is 0 Å². The van der Waals surface area contributed by atoms with Crippen LogP contribution in [0.15, 0.2) is 71.2 Å². The number of rotatable bonds is 1. The quantitative estimate of drug-likeness (QED) is 0.405. The number of para-hydroxylation sites is 1. The number of carbonyl (C=O) groups is 2. The number of nitrogens with zero attached hydrogens (tertiary/aromatic N) is 1. The number of ketones is 2. The normalized spacial score (nSPS) is 16.4. The van der Waals surface area contributed by atoms with Gasteiger partial charge < -0.3 is 0 Å². The molecule has 0 aliphatic heterocycles. The van der Waals surface area contributed by atoms with E-state index in [2.05, 4.69) is 20.9 Å². The minimum Gasteiger partial charge on any atom is -0.293 e. The lowest BCUT2D eigenvalue weighted by atomic mass is 9.78. The van der Waals surface area contributed by atoms with Crippen LogP contribution in [0.4, 0.5) is 0 Å². The Morgan fingerprint density at radius 3 is 2.38 bits per heavy atom. The Balaban J connectivity index is 1.75. The molecule has 1 aliphatic carbocycles. The minimum absolute atomic E-state index is 0.186. The van der Waals surface area contributed by atoms with Crippen LogP contribution in [0.1, 0.15) is 32.3 Å². The molecule has 0 saturated heterocycles. The summed E-state index contributed by atoms with van der Waals surface area (Å²) in [5, 5.41) is 2.60. The lowest BCUT2D eigenvalue weighted by molar-refractivity contribution is 0.0854. The van der Waals surface area contributed by atoms with Crippen LogP contribution in [0.3, 0.4) is 0 Å². The molecule has 1 aromatic heterocycles. The van der Waals surface area contributed by atoms with Gasteiger partial charge in [-0.15, -0.1) is 0 Å². The molecule has 0 N–H and O–H groups in total. The molecule has 0 amide bonds. The SMILES string of the molecule is O=C1c2cccc3c(Br)ccc(c23)C(=O)C1c1ccc2ccccc2n1. The lowest BCUT2D eigenvalue weighted by Crippen LogP contribution is -2.28. The maximum absolute atomic E-state index is 13.2. The average Bonchev–Trinajstić information content (AvgIpc) is 2.67. The predicted molar refractivity (Wildman–Crippen MR) is 105 cm³/mol. The zero-order chi connectivity index (χ0) is 17.8. The van der Waals surface area contributed by atoms with Gasteiger partial charge in [-0.25, -0.2) is 0 Å². The summed E-state index contributed by atoms with van der Waals surface area (Å²) in [5.41, 5.74) is 2.45. The summed E-state index contributed by atoms with van der Waals surface area (Å²) >= 11 is 3.51. The second kappa shape index (κ2) is 5.58. The van der Waals surface area contributed by atoms with Crippen molar-refractivity contribution < 1.29 is 9.59 Å². The van der Waals surface area contributed by atoms with Gasteiger partial charge in [-0.3, -0.25) is 14.6 Å². The first-order chi connectivity index (χ1) is 12.6. The Bertz CT molecular complexity index is 1220. The maximum atomic E-state index is 13.2. The zero-order valence-electron chi connectivity index (χ0n) is 13.6. The highest BCUT2D eigenvalue weighted by Crippen LogP contribution is 2.39. The summed E-state index contributed by atoms with van der Waals surface area (Å²) in [7, 11) is 0. The number of pyridine rings is 1. The van der Waals surface area contributed by atoms with E-state index in [9.17, 15) is 9.59 Å². The molecular formula is C22H12BrNO2. The van der Waals surface area contributed by atoms with Crippen LogP contribution in [0.25, 0.3) is 21.7 Å². The molecule has 3 nitrogen and oxygen atoms in total. The number of benzene rings is 3. The molecule has 1 unspecified atom stereocenters. The van der Waals surface area contributed by atoms with Gasteiger partial charge in [-0.1, -0.05) is 58.4 Å². The first-order valence-electron chi connectivity index (χ1n) is 8.30. The van der Waals surface area contributed by atoms with Crippen LogP contribution in [-0.4, -0.2) is 16.6 Å². The van der Waals surface area contributed by atoms with Crippen molar-refractivity contribution in [2.24, 2.45) is 0 Å². The molecule has 1 heterocycles. The molecule has 0 saturated carbocycles. The largest absolute Gasteiger partial charge is 0.293 e. The van der Waals surface area contributed by atoms with Crippen LogP contribution >= 0.6 is 15.9 Å². The number of halogens is 1. The van der Waals surface area contributed by atoms with Crippen LogP contribution in [0.5, 0.6) is 0 Å². The van der Waals surface area contributed by atoms with Crippen molar-refractivity contribution in [1.82, 2.24) is 4.98 Å². The molecule has 0 bridgehead atoms. The summed E-state index contributed by atoms with van der Waals surface area (Å²) in [6.07, 6.45) is 0. The molecular weight excluding hydrogens is 390 g/mol. The Labute approximate surface area is 157 Å². The number of aromatic nitrogens is 1.